The maximum atomic E-state index is 12.4. The van der Waals surface area contributed by atoms with Gasteiger partial charge in [0.1, 0.15) is 5.25 Å². The minimum absolute atomic E-state index is 0.329. The number of allylic oxidation sites excluding steroid dienone is 1. The molecule has 7 heteroatoms. The summed E-state index contributed by atoms with van der Waals surface area (Å²) >= 11 is 1.12. The molecule has 3 amide bonds. The average molecular weight is 330 g/mol. The molecule has 0 bridgehead atoms. The van der Waals surface area contributed by atoms with Gasteiger partial charge in [-0.25, -0.2) is 4.79 Å². The first-order valence-corrected chi connectivity index (χ1v) is 7.88. The predicted molar refractivity (Wildman–Crippen MR) is 89.4 cm³/mol. The number of nitrogens with two attached hydrogens (primary N) is 1. The van der Waals surface area contributed by atoms with Gasteiger partial charge >= 0.3 is 6.03 Å². The zero-order valence-electron chi connectivity index (χ0n) is 13.2. The number of nitrogens with one attached hydrogen (secondary N) is 1. The second kappa shape index (κ2) is 6.75. The third-order valence-corrected chi connectivity index (χ3v) is 4.80. The van der Waals surface area contributed by atoms with Crippen molar-refractivity contribution in [2.24, 2.45) is 5.73 Å². The van der Waals surface area contributed by atoms with E-state index < -0.39 is 23.1 Å². The second-order valence-corrected chi connectivity index (χ2v) is 6.69. The lowest BCUT2D eigenvalue weighted by molar-refractivity contribution is -0.119. The fraction of sp³-hybridized carbons (Fsp3) is 0.312. The molecular weight excluding hydrogens is 312 g/mol. The normalized spacial score (nSPS) is 20.1. The van der Waals surface area contributed by atoms with Gasteiger partial charge in [-0.15, -0.1) is 0 Å². The summed E-state index contributed by atoms with van der Waals surface area (Å²) in [4.78, 5) is 25.4. The highest BCUT2D eigenvalue weighted by atomic mass is 32.2. The Balaban J connectivity index is 2.33. The zero-order chi connectivity index (χ0) is 17.1. The smallest absolute Gasteiger partial charge is 0.323 e. The molecule has 1 heterocycles. The van der Waals surface area contributed by atoms with Crippen LogP contribution in [0.4, 0.5) is 4.79 Å². The van der Waals surface area contributed by atoms with Crippen molar-refractivity contribution in [1.82, 2.24) is 10.2 Å². The number of carbonyl (C=O) groups is 2. The Labute approximate surface area is 139 Å². The first-order chi connectivity index (χ1) is 10.8. The van der Waals surface area contributed by atoms with Gasteiger partial charge in [-0.3, -0.25) is 10.1 Å². The highest BCUT2D eigenvalue weighted by Crippen LogP contribution is 2.45. The highest BCUT2D eigenvalue weighted by molar-refractivity contribution is 8.04. The number of nitrogens with zero attached hydrogens (tertiary/aromatic N) is 2. The maximum Gasteiger partial charge on any atom is 0.323 e. The van der Waals surface area contributed by atoms with Crippen LogP contribution in [0.3, 0.4) is 0 Å². The van der Waals surface area contributed by atoms with E-state index in [1.54, 1.807) is 14.1 Å². The predicted octanol–water partition coefficient (Wildman–Crippen LogP) is 1.69. The van der Waals surface area contributed by atoms with Crippen LogP contribution >= 0.6 is 11.8 Å². The van der Waals surface area contributed by atoms with Crippen LogP contribution in [0.25, 0.3) is 0 Å². The molecule has 120 valence electrons. The molecule has 0 fully saturated rings. The number of hydrogen-bond acceptors (Lipinski definition) is 5. The number of hydrogen-bond donors (Lipinski definition) is 2. The van der Waals surface area contributed by atoms with E-state index in [-0.39, 0.29) is 0 Å². The summed E-state index contributed by atoms with van der Waals surface area (Å²) < 4.78 is 0. The third kappa shape index (κ3) is 3.48. The minimum atomic E-state index is -0.642. The molecule has 0 unspecified atom stereocenters. The van der Waals surface area contributed by atoms with Gasteiger partial charge in [0.25, 0.3) is 0 Å². The van der Waals surface area contributed by atoms with Crippen LogP contribution in [0, 0.1) is 18.3 Å². The van der Waals surface area contributed by atoms with Gasteiger partial charge in [0, 0.05) is 20.0 Å². The molecule has 1 aliphatic heterocycles. The van der Waals surface area contributed by atoms with E-state index in [1.165, 1.54) is 4.90 Å². The van der Waals surface area contributed by atoms with Crippen molar-refractivity contribution in [2.75, 3.05) is 14.1 Å². The van der Waals surface area contributed by atoms with E-state index in [0.717, 1.165) is 22.9 Å². The van der Waals surface area contributed by atoms with Crippen LogP contribution < -0.4 is 11.1 Å². The molecule has 1 aromatic rings. The SMILES string of the molecule is Cc1ccc([C@@H]2C(C#N)=C(N)S[C@H]2C(=O)NC(=O)N(C)C)cc1. The van der Waals surface area contributed by atoms with Crippen molar-refractivity contribution < 1.29 is 9.59 Å². The number of nitriles is 1. The van der Waals surface area contributed by atoms with Crippen LogP contribution in [0.2, 0.25) is 0 Å². The molecule has 2 atom stereocenters. The Kier molecular flexibility index (Phi) is 4.96. The Bertz CT molecular complexity index is 704. The van der Waals surface area contributed by atoms with Gasteiger partial charge in [-0.1, -0.05) is 41.6 Å². The van der Waals surface area contributed by atoms with Gasteiger partial charge in [-0.05, 0) is 12.5 Å². The van der Waals surface area contributed by atoms with Crippen LogP contribution in [0.15, 0.2) is 34.9 Å². The monoisotopic (exact) mass is 330 g/mol. The van der Waals surface area contributed by atoms with Crippen molar-refractivity contribution in [1.29, 1.82) is 5.26 Å². The molecule has 6 nitrogen and oxygen atoms in total. The molecule has 0 radical (unpaired) electrons. The molecule has 3 N–H and O–H groups in total. The maximum absolute atomic E-state index is 12.4. The summed E-state index contributed by atoms with van der Waals surface area (Å²) in [7, 11) is 3.10. The van der Waals surface area contributed by atoms with Crippen LogP contribution in [-0.2, 0) is 4.79 Å². The molecule has 1 aromatic carbocycles. The van der Waals surface area contributed by atoms with Crippen LogP contribution in [0.5, 0.6) is 0 Å². The molecule has 23 heavy (non-hydrogen) atoms. The standard InChI is InChI=1S/C16H18N4O2S/c1-9-4-6-10(7-5-9)12-11(8-17)14(18)23-13(12)15(21)19-16(22)20(2)3/h4-7,12-13H,18H2,1-3H3,(H,19,21,22)/t12-,13-/m1/s1. The number of benzene rings is 1. The first-order valence-electron chi connectivity index (χ1n) is 7.00. The van der Waals surface area contributed by atoms with E-state index in [2.05, 4.69) is 11.4 Å². The van der Waals surface area contributed by atoms with Gasteiger partial charge in [0.05, 0.1) is 16.7 Å². The van der Waals surface area contributed by atoms with E-state index in [4.69, 9.17) is 5.73 Å². The molecule has 0 aromatic heterocycles. The Hall–Kier alpha value is -2.46. The van der Waals surface area contributed by atoms with Gasteiger partial charge < -0.3 is 10.6 Å². The van der Waals surface area contributed by atoms with Crippen molar-refractivity contribution in [3.05, 3.63) is 46.0 Å². The fourth-order valence-electron chi connectivity index (χ4n) is 2.31. The van der Waals surface area contributed by atoms with Gasteiger partial charge in [-0.2, -0.15) is 5.26 Å². The summed E-state index contributed by atoms with van der Waals surface area (Å²) in [6.45, 7) is 1.96. The van der Waals surface area contributed by atoms with Crippen LogP contribution in [-0.4, -0.2) is 36.2 Å². The quantitative estimate of drug-likeness (QED) is 0.859. The number of aryl methyl sites for hydroxylation is 1. The van der Waals surface area contributed by atoms with Crippen LogP contribution in [0.1, 0.15) is 17.0 Å². The summed E-state index contributed by atoms with van der Waals surface area (Å²) in [6, 6.07) is 9.20. The van der Waals surface area contributed by atoms with E-state index in [0.29, 0.717) is 10.6 Å². The number of urea groups is 1. The van der Waals surface area contributed by atoms with Gasteiger partial charge in [0.15, 0.2) is 0 Å². The molecule has 2 rings (SSSR count). The van der Waals surface area contributed by atoms with Gasteiger partial charge in [0.2, 0.25) is 5.91 Å². The van der Waals surface area contributed by atoms with Crippen molar-refractivity contribution in [2.45, 2.75) is 18.1 Å². The van der Waals surface area contributed by atoms with E-state index >= 15 is 0 Å². The average Bonchev–Trinajstić information content (AvgIpc) is 2.84. The Morgan fingerprint density at radius 1 is 1.30 bits per heavy atom. The topological polar surface area (TPSA) is 99.2 Å². The lowest BCUT2D eigenvalue weighted by atomic mass is 9.88. The second-order valence-electron chi connectivity index (χ2n) is 5.51. The molecule has 0 aliphatic carbocycles. The third-order valence-electron chi connectivity index (χ3n) is 3.58. The van der Waals surface area contributed by atoms with Crippen molar-refractivity contribution >= 4 is 23.7 Å². The summed E-state index contributed by atoms with van der Waals surface area (Å²) in [5.41, 5.74) is 8.20. The van der Waals surface area contributed by atoms with Crippen molar-refractivity contribution in [3.63, 3.8) is 0 Å². The molecule has 1 aliphatic rings. The molecule has 0 saturated heterocycles. The lowest BCUT2D eigenvalue weighted by Crippen LogP contribution is -2.43. The number of carbonyl (C=O) groups excluding carboxylic acids is 2. The summed E-state index contributed by atoms with van der Waals surface area (Å²) in [5, 5.41) is 11.4. The first kappa shape index (κ1) is 16.9. The lowest BCUT2D eigenvalue weighted by Gasteiger charge is -2.20. The Morgan fingerprint density at radius 2 is 1.91 bits per heavy atom. The molecule has 0 spiro atoms. The van der Waals surface area contributed by atoms with E-state index in [1.807, 2.05) is 31.2 Å². The van der Waals surface area contributed by atoms with Crippen molar-refractivity contribution in [3.8, 4) is 6.07 Å². The summed E-state index contributed by atoms with van der Waals surface area (Å²) in [6.07, 6.45) is 0. The molecular formula is C16H18N4O2S. The minimum Gasteiger partial charge on any atom is -0.393 e. The number of rotatable bonds is 2. The Morgan fingerprint density at radius 3 is 2.43 bits per heavy atom. The summed E-state index contributed by atoms with van der Waals surface area (Å²) in [5.74, 6) is -0.909. The van der Waals surface area contributed by atoms with E-state index in [9.17, 15) is 14.9 Å². The number of amides is 3. The highest BCUT2D eigenvalue weighted by Gasteiger charge is 2.41. The fourth-order valence-corrected chi connectivity index (χ4v) is 3.47. The molecule has 0 saturated carbocycles. The zero-order valence-corrected chi connectivity index (χ0v) is 14.0. The number of imide groups is 1. The number of thioether (sulfide) groups is 1. The largest absolute Gasteiger partial charge is 0.393 e.